The van der Waals surface area contributed by atoms with Gasteiger partial charge in [0.1, 0.15) is 12.1 Å². The second kappa shape index (κ2) is 14.3. The largest absolute Gasteiger partial charge is 0.481 e. The number of amides is 4. The van der Waals surface area contributed by atoms with E-state index in [0.717, 1.165) is 0 Å². The standard InChI is InChI=1S/C16H25N5O10/c17-5-10(22)18-6-11(23)19-7-12(24)20-8(1-3-13(25)26)15(29)21-9(16(30)31)2-4-14(27)28/h8-9H,1-7,17H2,(H,18,22)(H,19,23)(H,20,24)(H,21,29)(H,25,26)(H,27,28)(H,30,31)/t8-,9-/m0/s1. The number of nitrogens with one attached hydrogen (secondary N) is 4. The molecular weight excluding hydrogens is 422 g/mol. The smallest absolute Gasteiger partial charge is 0.326 e. The Kier molecular flexibility index (Phi) is 12.5. The van der Waals surface area contributed by atoms with Crippen LogP contribution in [-0.2, 0) is 33.6 Å². The Morgan fingerprint density at radius 3 is 1.65 bits per heavy atom. The molecule has 2 atom stereocenters. The average Bonchev–Trinajstić information content (AvgIpc) is 2.69. The van der Waals surface area contributed by atoms with Crippen LogP contribution in [0.1, 0.15) is 25.7 Å². The van der Waals surface area contributed by atoms with Gasteiger partial charge in [0.25, 0.3) is 0 Å². The molecule has 0 aromatic heterocycles. The third-order valence-electron chi connectivity index (χ3n) is 3.64. The zero-order chi connectivity index (χ0) is 24.0. The SMILES string of the molecule is NCC(=O)NCC(=O)NCC(=O)N[C@@H](CCC(=O)O)C(=O)N[C@@H](CCC(=O)O)C(=O)O. The maximum Gasteiger partial charge on any atom is 0.326 e. The summed E-state index contributed by atoms with van der Waals surface area (Å²) in [4.78, 5) is 79.4. The third kappa shape index (κ3) is 13.2. The van der Waals surface area contributed by atoms with Gasteiger partial charge < -0.3 is 42.3 Å². The van der Waals surface area contributed by atoms with Crippen LogP contribution in [0.2, 0.25) is 0 Å². The fourth-order valence-electron chi connectivity index (χ4n) is 2.07. The van der Waals surface area contributed by atoms with Crippen LogP contribution >= 0.6 is 0 Å². The van der Waals surface area contributed by atoms with Gasteiger partial charge in [-0.3, -0.25) is 28.8 Å². The fourth-order valence-corrected chi connectivity index (χ4v) is 2.07. The van der Waals surface area contributed by atoms with Crippen LogP contribution in [-0.4, -0.2) is 88.6 Å². The number of carboxylic acids is 3. The highest BCUT2D eigenvalue weighted by Gasteiger charge is 2.27. The van der Waals surface area contributed by atoms with Crippen LogP contribution in [0.3, 0.4) is 0 Å². The van der Waals surface area contributed by atoms with Crippen LogP contribution < -0.4 is 27.0 Å². The number of carboxylic acid groups (broad SMARTS) is 3. The molecule has 0 unspecified atom stereocenters. The van der Waals surface area contributed by atoms with E-state index in [1.54, 1.807) is 0 Å². The Bertz CT molecular complexity index is 711. The molecule has 4 amide bonds. The summed E-state index contributed by atoms with van der Waals surface area (Å²) >= 11 is 0. The van der Waals surface area contributed by atoms with Gasteiger partial charge >= 0.3 is 17.9 Å². The minimum Gasteiger partial charge on any atom is -0.481 e. The van der Waals surface area contributed by atoms with Gasteiger partial charge in [-0.25, -0.2) is 4.79 Å². The second-order valence-electron chi connectivity index (χ2n) is 6.14. The molecule has 31 heavy (non-hydrogen) atoms. The Morgan fingerprint density at radius 2 is 1.16 bits per heavy atom. The quantitative estimate of drug-likeness (QED) is 0.120. The van der Waals surface area contributed by atoms with Crippen molar-refractivity contribution in [2.45, 2.75) is 37.8 Å². The first kappa shape index (κ1) is 27.2. The summed E-state index contributed by atoms with van der Waals surface area (Å²) < 4.78 is 0. The summed E-state index contributed by atoms with van der Waals surface area (Å²) in [5, 5.41) is 35.1. The van der Waals surface area contributed by atoms with Crippen LogP contribution in [0.5, 0.6) is 0 Å². The molecule has 174 valence electrons. The van der Waals surface area contributed by atoms with Crippen molar-refractivity contribution in [2.24, 2.45) is 5.73 Å². The summed E-state index contributed by atoms with van der Waals surface area (Å²) in [5.74, 6) is -7.32. The van der Waals surface area contributed by atoms with Crippen molar-refractivity contribution >= 4 is 41.5 Å². The Balaban J connectivity index is 4.89. The number of aliphatic carboxylic acids is 3. The van der Waals surface area contributed by atoms with E-state index in [1.165, 1.54) is 0 Å². The number of hydrogen-bond donors (Lipinski definition) is 8. The molecule has 0 radical (unpaired) electrons. The normalized spacial score (nSPS) is 12.0. The first-order valence-corrected chi connectivity index (χ1v) is 8.95. The van der Waals surface area contributed by atoms with Gasteiger partial charge in [-0.2, -0.15) is 0 Å². The Hall–Kier alpha value is -3.75. The molecule has 15 nitrogen and oxygen atoms in total. The zero-order valence-electron chi connectivity index (χ0n) is 16.4. The minimum atomic E-state index is -1.57. The molecule has 9 N–H and O–H groups in total. The van der Waals surface area contributed by atoms with Gasteiger partial charge in [0.05, 0.1) is 19.6 Å². The van der Waals surface area contributed by atoms with E-state index in [2.05, 4.69) is 16.0 Å². The van der Waals surface area contributed by atoms with Crippen molar-refractivity contribution in [2.75, 3.05) is 19.6 Å². The van der Waals surface area contributed by atoms with E-state index in [9.17, 15) is 33.6 Å². The summed E-state index contributed by atoms with van der Waals surface area (Å²) in [6, 6.07) is -3.03. The predicted octanol–water partition coefficient (Wildman–Crippen LogP) is -4.04. The van der Waals surface area contributed by atoms with E-state index in [1.807, 2.05) is 5.32 Å². The molecule has 0 heterocycles. The van der Waals surface area contributed by atoms with Crippen LogP contribution in [0.25, 0.3) is 0 Å². The molecule has 0 fully saturated rings. The molecule has 0 rings (SSSR count). The second-order valence-corrected chi connectivity index (χ2v) is 6.14. The molecule has 0 aliphatic carbocycles. The summed E-state index contributed by atoms with van der Waals surface area (Å²) in [6.07, 6.45) is -1.90. The molecule has 0 saturated heterocycles. The first-order valence-electron chi connectivity index (χ1n) is 8.95. The molecule has 0 aliphatic heterocycles. The molecule has 0 aromatic rings. The molecule has 0 bridgehead atoms. The topological polar surface area (TPSA) is 254 Å². The van der Waals surface area contributed by atoms with Crippen molar-refractivity contribution < 1.29 is 48.9 Å². The monoisotopic (exact) mass is 447 g/mol. The molecule has 0 spiro atoms. The number of rotatable bonds is 15. The summed E-state index contributed by atoms with van der Waals surface area (Å²) in [6.45, 7) is -1.40. The lowest BCUT2D eigenvalue weighted by Crippen LogP contribution is -2.53. The predicted molar refractivity (Wildman–Crippen MR) is 100 cm³/mol. The van der Waals surface area contributed by atoms with Crippen molar-refractivity contribution in [3.8, 4) is 0 Å². The average molecular weight is 447 g/mol. The van der Waals surface area contributed by atoms with Crippen LogP contribution in [0.4, 0.5) is 0 Å². The van der Waals surface area contributed by atoms with Crippen molar-refractivity contribution in [1.82, 2.24) is 21.3 Å². The minimum absolute atomic E-state index is 0.335. The van der Waals surface area contributed by atoms with Gasteiger partial charge in [0.15, 0.2) is 0 Å². The maximum absolute atomic E-state index is 12.3. The number of nitrogens with two attached hydrogens (primary N) is 1. The molecule has 0 aromatic carbocycles. The lowest BCUT2D eigenvalue weighted by atomic mass is 10.1. The zero-order valence-corrected chi connectivity index (χ0v) is 16.4. The van der Waals surface area contributed by atoms with Gasteiger partial charge in [-0.05, 0) is 12.8 Å². The van der Waals surface area contributed by atoms with Gasteiger partial charge in [0.2, 0.25) is 23.6 Å². The highest BCUT2D eigenvalue weighted by molar-refractivity contribution is 5.93. The molecule has 0 aliphatic rings. The van der Waals surface area contributed by atoms with Crippen molar-refractivity contribution in [1.29, 1.82) is 0 Å². The molecular formula is C16H25N5O10. The molecule has 0 saturated carbocycles. The van der Waals surface area contributed by atoms with Crippen LogP contribution in [0.15, 0.2) is 0 Å². The van der Waals surface area contributed by atoms with Gasteiger partial charge in [0, 0.05) is 12.8 Å². The summed E-state index contributed by atoms with van der Waals surface area (Å²) in [5.41, 5.74) is 5.05. The Labute approximate surface area is 175 Å². The highest BCUT2D eigenvalue weighted by Crippen LogP contribution is 2.03. The van der Waals surface area contributed by atoms with Crippen molar-refractivity contribution in [3.63, 3.8) is 0 Å². The fraction of sp³-hybridized carbons (Fsp3) is 0.562. The maximum atomic E-state index is 12.3. The van der Waals surface area contributed by atoms with E-state index in [-0.39, 0.29) is 6.54 Å². The lowest BCUT2D eigenvalue weighted by molar-refractivity contribution is -0.144. The summed E-state index contributed by atoms with van der Waals surface area (Å²) in [7, 11) is 0. The third-order valence-corrected chi connectivity index (χ3v) is 3.64. The number of carbonyl (C=O) groups is 7. The lowest BCUT2D eigenvalue weighted by Gasteiger charge is -2.21. The van der Waals surface area contributed by atoms with E-state index in [0.29, 0.717) is 0 Å². The van der Waals surface area contributed by atoms with Crippen LogP contribution in [0, 0.1) is 0 Å². The van der Waals surface area contributed by atoms with E-state index in [4.69, 9.17) is 21.1 Å². The van der Waals surface area contributed by atoms with Gasteiger partial charge in [-0.15, -0.1) is 0 Å². The first-order chi connectivity index (χ1) is 14.5. The van der Waals surface area contributed by atoms with Gasteiger partial charge in [-0.1, -0.05) is 0 Å². The van der Waals surface area contributed by atoms with E-state index < -0.39 is 92.4 Å². The number of carbonyl (C=O) groups excluding carboxylic acids is 4. The number of hydrogen-bond acceptors (Lipinski definition) is 8. The Morgan fingerprint density at radius 1 is 0.677 bits per heavy atom. The van der Waals surface area contributed by atoms with Crippen molar-refractivity contribution in [3.05, 3.63) is 0 Å². The van der Waals surface area contributed by atoms with E-state index >= 15 is 0 Å². The highest BCUT2D eigenvalue weighted by atomic mass is 16.4. The molecule has 15 heteroatoms.